The molecule has 2 aliphatic rings. The number of hydrogen-bond donors (Lipinski definition) is 1. The van der Waals surface area contributed by atoms with E-state index in [2.05, 4.69) is 37.4 Å². The highest BCUT2D eigenvalue weighted by Gasteiger charge is 2.39. The second-order valence-corrected chi connectivity index (χ2v) is 6.00. The van der Waals surface area contributed by atoms with Gasteiger partial charge in [0, 0.05) is 37.2 Å². The maximum Gasteiger partial charge on any atom is 0.227 e. The molecule has 3 heteroatoms. The molecule has 0 radical (unpaired) electrons. The lowest BCUT2D eigenvalue weighted by atomic mass is 9.74. The summed E-state index contributed by atoms with van der Waals surface area (Å²) in [7, 11) is 1.87. The van der Waals surface area contributed by atoms with Crippen LogP contribution in [0.3, 0.4) is 0 Å². The van der Waals surface area contributed by atoms with Crippen LogP contribution in [0, 0.1) is 0 Å². The summed E-state index contributed by atoms with van der Waals surface area (Å²) in [5, 5.41) is 3.46. The Labute approximate surface area is 108 Å². The Balaban J connectivity index is 1.95. The molecule has 1 N–H and O–H groups in total. The van der Waals surface area contributed by atoms with Gasteiger partial charge in [-0.2, -0.15) is 0 Å². The summed E-state index contributed by atoms with van der Waals surface area (Å²) in [4.78, 5) is 13.4. The highest BCUT2D eigenvalue weighted by molar-refractivity contribution is 5.95. The molecule has 2 heterocycles. The molecule has 3 rings (SSSR count). The Hall–Kier alpha value is -1.35. The van der Waals surface area contributed by atoms with Gasteiger partial charge < -0.3 is 10.2 Å². The molecule has 0 aliphatic carbocycles. The second kappa shape index (κ2) is 3.82. The zero-order valence-electron chi connectivity index (χ0n) is 11.3. The number of hydrogen-bond acceptors (Lipinski definition) is 2. The first-order valence-electron chi connectivity index (χ1n) is 6.63. The first-order valence-corrected chi connectivity index (χ1v) is 6.63. The zero-order valence-corrected chi connectivity index (χ0v) is 11.3. The standard InChI is InChI=1S/C15H20N2O/c1-15(2)12(9-16-15)10-4-6-13-11(8-10)5-7-14(18)17(13)3/h4,6,8,12,16H,5,7,9H2,1-3H3. The minimum atomic E-state index is 0.199. The third-order valence-corrected chi connectivity index (χ3v) is 4.48. The van der Waals surface area contributed by atoms with Crippen LogP contribution >= 0.6 is 0 Å². The summed E-state index contributed by atoms with van der Waals surface area (Å²) in [6.45, 7) is 5.55. The van der Waals surface area contributed by atoms with Crippen LogP contribution in [-0.2, 0) is 11.2 Å². The van der Waals surface area contributed by atoms with Crippen LogP contribution < -0.4 is 10.2 Å². The normalized spacial score (nSPS) is 25.6. The molecule has 3 nitrogen and oxygen atoms in total. The molecule has 2 aliphatic heterocycles. The second-order valence-electron chi connectivity index (χ2n) is 6.00. The predicted octanol–water partition coefficient (Wildman–Crippen LogP) is 2.06. The molecule has 0 aromatic heterocycles. The van der Waals surface area contributed by atoms with Crippen LogP contribution in [0.5, 0.6) is 0 Å². The fourth-order valence-corrected chi connectivity index (χ4v) is 3.04. The van der Waals surface area contributed by atoms with Crippen molar-refractivity contribution in [2.75, 3.05) is 18.5 Å². The van der Waals surface area contributed by atoms with Crippen LogP contribution in [0.2, 0.25) is 0 Å². The van der Waals surface area contributed by atoms with Crippen LogP contribution in [-0.4, -0.2) is 25.0 Å². The van der Waals surface area contributed by atoms with Crippen molar-refractivity contribution in [3.8, 4) is 0 Å². The minimum absolute atomic E-state index is 0.199. The topological polar surface area (TPSA) is 32.3 Å². The molecule has 0 spiro atoms. The summed E-state index contributed by atoms with van der Waals surface area (Å²) in [6, 6.07) is 6.59. The van der Waals surface area contributed by atoms with E-state index in [9.17, 15) is 4.79 Å². The number of nitrogens with one attached hydrogen (secondary N) is 1. The number of rotatable bonds is 1. The first-order chi connectivity index (χ1) is 8.49. The lowest BCUT2D eigenvalue weighted by Gasteiger charge is -2.46. The fraction of sp³-hybridized carbons (Fsp3) is 0.533. The molecule has 1 aromatic rings. The van der Waals surface area contributed by atoms with Gasteiger partial charge in [-0.3, -0.25) is 4.79 Å². The van der Waals surface area contributed by atoms with Crippen LogP contribution in [0.1, 0.15) is 37.3 Å². The van der Waals surface area contributed by atoms with E-state index in [4.69, 9.17) is 0 Å². The predicted molar refractivity (Wildman–Crippen MR) is 73.0 cm³/mol. The SMILES string of the molecule is CN1C(=O)CCc2cc(C3CNC3(C)C)ccc21. The molecule has 1 unspecified atom stereocenters. The number of aryl methyl sites for hydroxylation is 1. The van der Waals surface area contributed by atoms with E-state index in [1.165, 1.54) is 11.1 Å². The molecule has 1 aromatic carbocycles. The number of amides is 1. The average molecular weight is 244 g/mol. The minimum Gasteiger partial charge on any atom is -0.315 e. The molecular weight excluding hydrogens is 224 g/mol. The van der Waals surface area contributed by atoms with Crippen molar-refractivity contribution in [3.05, 3.63) is 29.3 Å². The van der Waals surface area contributed by atoms with E-state index in [1.54, 1.807) is 4.90 Å². The molecule has 1 fully saturated rings. The van der Waals surface area contributed by atoms with Gasteiger partial charge in [-0.05, 0) is 37.5 Å². The third kappa shape index (κ3) is 1.65. The first kappa shape index (κ1) is 11.7. The van der Waals surface area contributed by atoms with Crippen molar-refractivity contribution >= 4 is 11.6 Å². The van der Waals surface area contributed by atoms with Gasteiger partial charge in [0.25, 0.3) is 0 Å². The quantitative estimate of drug-likeness (QED) is 0.820. The van der Waals surface area contributed by atoms with Gasteiger partial charge in [0.2, 0.25) is 5.91 Å². The Morgan fingerprint density at radius 1 is 1.33 bits per heavy atom. The molecular formula is C15H20N2O. The Morgan fingerprint density at radius 3 is 2.72 bits per heavy atom. The number of nitrogens with zero attached hydrogens (tertiary/aromatic N) is 1. The summed E-state index contributed by atoms with van der Waals surface area (Å²) in [5.74, 6) is 0.812. The van der Waals surface area contributed by atoms with Crippen molar-refractivity contribution in [3.63, 3.8) is 0 Å². The Bertz CT molecular complexity index is 507. The van der Waals surface area contributed by atoms with E-state index >= 15 is 0 Å². The Morgan fingerprint density at radius 2 is 2.11 bits per heavy atom. The number of anilines is 1. The molecule has 1 atom stereocenters. The highest BCUT2D eigenvalue weighted by Crippen LogP contribution is 2.37. The van der Waals surface area contributed by atoms with Crippen molar-refractivity contribution < 1.29 is 4.79 Å². The summed E-state index contributed by atoms with van der Waals surface area (Å²) < 4.78 is 0. The van der Waals surface area contributed by atoms with Crippen molar-refractivity contribution in [2.24, 2.45) is 0 Å². The lowest BCUT2D eigenvalue weighted by Crippen LogP contribution is -2.59. The summed E-state index contributed by atoms with van der Waals surface area (Å²) >= 11 is 0. The number of benzene rings is 1. The van der Waals surface area contributed by atoms with Gasteiger partial charge in [-0.1, -0.05) is 12.1 Å². The molecule has 96 valence electrons. The van der Waals surface area contributed by atoms with Crippen molar-refractivity contribution in [1.82, 2.24) is 5.32 Å². The Kier molecular flexibility index (Phi) is 2.49. The van der Waals surface area contributed by atoms with Crippen molar-refractivity contribution in [2.45, 2.75) is 38.1 Å². The third-order valence-electron chi connectivity index (χ3n) is 4.48. The summed E-state index contributed by atoms with van der Waals surface area (Å²) in [6.07, 6.45) is 1.52. The monoisotopic (exact) mass is 244 g/mol. The van der Waals surface area contributed by atoms with Crippen LogP contribution in [0.25, 0.3) is 0 Å². The molecule has 18 heavy (non-hydrogen) atoms. The lowest BCUT2D eigenvalue weighted by molar-refractivity contribution is -0.118. The maximum absolute atomic E-state index is 11.7. The molecule has 0 bridgehead atoms. The van der Waals surface area contributed by atoms with Gasteiger partial charge in [-0.15, -0.1) is 0 Å². The van der Waals surface area contributed by atoms with Gasteiger partial charge in [-0.25, -0.2) is 0 Å². The van der Waals surface area contributed by atoms with E-state index in [0.29, 0.717) is 12.3 Å². The molecule has 1 amide bonds. The van der Waals surface area contributed by atoms with Gasteiger partial charge >= 0.3 is 0 Å². The van der Waals surface area contributed by atoms with E-state index in [0.717, 1.165) is 18.7 Å². The molecule has 1 saturated heterocycles. The number of carbonyl (C=O) groups excluding carboxylic acids is 1. The van der Waals surface area contributed by atoms with E-state index < -0.39 is 0 Å². The van der Waals surface area contributed by atoms with Gasteiger partial charge in [0.15, 0.2) is 0 Å². The number of carbonyl (C=O) groups is 1. The smallest absolute Gasteiger partial charge is 0.227 e. The largest absolute Gasteiger partial charge is 0.315 e. The molecule has 0 saturated carbocycles. The van der Waals surface area contributed by atoms with Crippen LogP contribution in [0.15, 0.2) is 18.2 Å². The zero-order chi connectivity index (χ0) is 12.9. The van der Waals surface area contributed by atoms with E-state index in [1.807, 2.05) is 7.05 Å². The highest BCUT2D eigenvalue weighted by atomic mass is 16.2. The van der Waals surface area contributed by atoms with E-state index in [-0.39, 0.29) is 11.4 Å². The van der Waals surface area contributed by atoms with Gasteiger partial charge in [0.05, 0.1) is 0 Å². The average Bonchev–Trinajstić information content (AvgIpc) is 2.33. The van der Waals surface area contributed by atoms with Crippen LogP contribution in [0.4, 0.5) is 5.69 Å². The van der Waals surface area contributed by atoms with Gasteiger partial charge in [0.1, 0.15) is 0 Å². The van der Waals surface area contributed by atoms with Crippen molar-refractivity contribution in [1.29, 1.82) is 0 Å². The fourth-order valence-electron chi connectivity index (χ4n) is 3.04. The summed E-state index contributed by atoms with van der Waals surface area (Å²) in [5.41, 5.74) is 4.00. The number of fused-ring (bicyclic) bond motifs is 1. The maximum atomic E-state index is 11.7.